The van der Waals surface area contributed by atoms with Gasteiger partial charge in [0, 0.05) is 10.9 Å². The van der Waals surface area contributed by atoms with Gasteiger partial charge < -0.3 is 13.9 Å². The Labute approximate surface area is 235 Å². The Kier molecular flexibility index (Phi) is 6.99. The van der Waals surface area contributed by atoms with Crippen molar-refractivity contribution < 1.29 is 13.9 Å². The van der Waals surface area contributed by atoms with Crippen LogP contribution >= 0.6 is 0 Å². The number of rotatable bonds is 8. The molecule has 2 aromatic heterocycles. The normalized spacial score (nSPS) is 11.2. The van der Waals surface area contributed by atoms with Crippen molar-refractivity contribution in [2.45, 2.75) is 13.5 Å². The van der Waals surface area contributed by atoms with Crippen molar-refractivity contribution in [2.75, 3.05) is 6.61 Å². The lowest BCUT2D eigenvalue weighted by atomic mass is 10.1. The SMILES string of the molecule is CCOc1cc(C=Nn2c(-c3cc4ccccc4o3)nc3ccccc3c2=O)ccc1OCc1ccccc1C#N. The highest BCUT2D eigenvalue weighted by Gasteiger charge is 2.16. The molecule has 0 amide bonds. The molecule has 41 heavy (non-hydrogen) atoms. The molecule has 0 aliphatic heterocycles. The number of para-hydroxylation sites is 2. The highest BCUT2D eigenvalue weighted by molar-refractivity contribution is 5.85. The second kappa shape index (κ2) is 11.2. The zero-order chi connectivity index (χ0) is 28.2. The van der Waals surface area contributed by atoms with E-state index in [0.29, 0.717) is 57.3 Å². The van der Waals surface area contributed by atoms with Gasteiger partial charge in [0.2, 0.25) is 5.82 Å². The van der Waals surface area contributed by atoms with E-state index in [4.69, 9.17) is 18.9 Å². The largest absolute Gasteiger partial charge is 0.490 e. The van der Waals surface area contributed by atoms with Crippen LogP contribution in [0.1, 0.15) is 23.6 Å². The number of hydrogen-bond donors (Lipinski definition) is 0. The van der Waals surface area contributed by atoms with E-state index in [2.05, 4.69) is 11.2 Å². The molecule has 0 atom stereocenters. The molecule has 0 bridgehead atoms. The highest BCUT2D eigenvalue weighted by atomic mass is 16.5. The average Bonchev–Trinajstić information content (AvgIpc) is 3.45. The molecule has 0 spiro atoms. The van der Waals surface area contributed by atoms with E-state index in [0.717, 1.165) is 10.9 Å². The highest BCUT2D eigenvalue weighted by Crippen LogP contribution is 2.30. The fraction of sp³-hybridized carbons (Fsp3) is 0.0909. The first-order chi connectivity index (χ1) is 20.1. The fourth-order valence-corrected chi connectivity index (χ4v) is 4.51. The van der Waals surface area contributed by atoms with Gasteiger partial charge in [-0.15, -0.1) is 0 Å². The first-order valence-corrected chi connectivity index (χ1v) is 13.1. The molecular formula is C33H24N4O4. The lowest BCUT2D eigenvalue weighted by Crippen LogP contribution is -2.20. The molecule has 8 nitrogen and oxygen atoms in total. The van der Waals surface area contributed by atoms with Gasteiger partial charge in [0.25, 0.3) is 5.56 Å². The van der Waals surface area contributed by atoms with Gasteiger partial charge in [0.15, 0.2) is 17.3 Å². The van der Waals surface area contributed by atoms with Crippen LogP contribution in [0.25, 0.3) is 33.5 Å². The zero-order valence-corrected chi connectivity index (χ0v) is 22.2. The van der Waals surface area contributed by atoms with E-state index in [1.807, 2.05) is 67.6 Å². The molecule has 6 rings (SSSR count). The molecule has 0 aliphatic carbocycles. The van der Waals surface area contributed by atoms with Gasteiger partial charge in [-0.3, -0.25) is 4.79 Å². The third-order valence-electron chi connectivity index (χ3n) is 6.51. The quantitative estimate of drug-likeness (QED) is 0.203. The van der Waals surface area contributed by atoms with Crippen LogP contribution in [0.4, 0.5) is 0 Å². The van der Waals surface area contributed by atoms with Crippen LogP contribution in [-0.4, -0.2) is 22.5 Å². The minimum Gasteiger partial charge on any atom is -0.490 e. The minimum atomic E-state index is -0.316. The molecule has 2 heterocycles. The van der Waals surface area contributed by atoms with Gasteiger partial charge in [-0.2, -0.15) is 15.0 Å². The predicted octanol–water partition coefficient (Wildman–Crippen LogP) is 6.54. The van der Waals surface area contributed by atoms with E-state index in [1.54, 1.807) is 42.6 Å². The summed E-state index contributed by atoms with van der Waals surface area (Å²) in [4.78, 5) is 18.3. The van der Waals surface area contributed by atoms with E-state index in [1.165, 1.54) is 4.68 Å². The lowest BCUT2D eigenvalue weighted by molar-refractivity contribution is 0.269. The van der Waals surface area contributed by atoms with E-state index >= 15 is 0 Å². The number of benzene rings is 4. The van der Waals surface area contributed by atoms with Gasteiger partial charge in [-0.05, 0) is 61.0 Å². The van der Waals surface area contributed by atoms with Gasteiger partial charge in [0.1, 0.15) is 12.2 Å². The molecule has 6 aromatic rings. The Morgan fingerprint density at radius 2 is 1.76 bits per heavy atom. The van der Waals surface area contributed by atoms with E-state index in [-0.39, 0.29) is 12.2 Å². The fourth-order valence-electron chi connectivity index (χ4n) is 4.51. The smallest absolute Gasteiger partial charge is 0.282 e. The van der Waals surface area contributed by atoms with Crippen LogP contribution in [0.15, 0.2) is 111 Å². The predicted molar refractivity (Wildman–Crippen MR) is 157 cm³/mol. The Bertz CT molecular complexity index is 1980. The molecular weight excluding hydrogens is 516 g/mol. The molecule has 8 heteroatoms. The summed E-state index contributed by atoms with van der Waals surface area (Å²) >= 11 is 0. The minimum absolute atomic E-state index is 0.219. The molecule has 0 fully saturated rings. The maximum Gasteiger partial charge on any atom is 0.282 e. The van der Waals surface area contributed by atoms with E-state index < -0.39 is 0 Å². The van der Waals surface area contributed by atoms with Crippen molar-refractivity contribution >= 4 is 28.1 Å². The van der Waals surface area contributed by atoms with Crippen LogP contribution in [0.5, 0.6) is 11.5 Å². The van der Waals surface area contributed by atoms with Gasteiger partial charge >= 0.3 is 0 Å². The number of nitriles is 1. The summed E-state index contributed by atoms with van der Waals surface area (Å²) < 4.78 is 19.1. The maximum absolute atomic E-state index is 13.6. The summed E-state index contributed by atoms with van der Waals surface area (Å²) in [6.07, 6.45) is 1.57. The standard InChI is InChI=1S/C33H24N4O4/c1-2-39-30-17-22(15-16-29(30)40-21-25-11-4-3-10-24(25)19-34)20-35-37-32(31-18-23-9-5-8-14-28(23)41-31)36-27-13-7-6-12-26(27)33(37)38/h3-18,20H,2,21H2,1H3. The number of nitrogens with zero attached hydrogens (tertiary/aromatic N) is 4. The molecule has 0 aliphatic rings. The third kappa shape index (κ3) is 5.16. The monoisotopic (exact) mass is 540 g/mol. The van der Waals surface area contributed by atoms with Gasteiger partial charge in [-0.25, -0.2) is 4.98 Å². The second-order valence-electron chi connectivity index (χ2n) is 9.16. The number of aromatic nitrogens is 2. The van der Waals surface area contributed by atoms with E-state index in [9.17, 15) is 10.1 Å². The number of furan rings is 1. The summed E-state index contributed by atoms with van der Waals surface area (Å²) in [5.41, 5.74) is 2.96. The van der Waals surface area contributed by atoms with Gasteiger partial charge in [0.05, 0.1) is 35.4 Å². The summed E-state index contributed by atoms with van der Waals surface area (Å²) in [7, 11) is 0. The first kappa shape index (κ1) is 25.6. The molecule has 0 saturated heterocycles. The zero-order valence-electron chi connectivity index (χ0n) is 22.2. The van der Waals surface area contributed by atoms with Crippen LogP contribution in [0.3, 0.4) is 0 Å². The maximum atomic E-state index is 13.6. The first-order valence-electron chi connectivity index (χ1n) is 13.1. The summed E-state index contributed by atoms with van der Waals surface area (Å²) in [6, 6.07) is 31.5. The number of ether oxygens (including phenoxy) is 2. The number of fused-ring (bicyclic) bond motifs is 2. The molecule has 0 unspecified atom stereocenters. The van der Waals surface area contributed by atoms with Crippen LogP contribution in [0, 0.1) is 11.3 Å². The van der Waals surface area contributed by atoms with Crippen LogP contribution in [0.2, 0.25) is 0 Å². The topological polar surface area (TPSA) is 103 Å². The van der Waals surface area contributed by atoms with Crippen molar-refractivity contribution in [3.8, 4) is 29.2 Å². The second-order valence-corrected chi connectivity index (χ2v) is 9.16. The summed E-state index contributed by atoms with van der Waals surface area (Å²) in [5, 5.41) is 15.3. The van der Waals surface area contributed by atoms with Crippen molar-refractivity contribution in [3.05, 3.63) is 124 Å². The average molecular weight is 541 g/mol. The van der Waals surface area contributed by atoms with Gasteiger partial charge in [-0.1, -0.05) is 48.5 Å². The van der Waals surface area contributed by atoms with Crippen LogP contribution in [-0.2, 0) is 6.61 Å². The molecule has 0 saturated carbocycles. The van der Waals surface area contributed by atoms with Crippen LogP contribution < -0.4 is 15.0 Å². The Morgan fingerprint density at radius 1 is 0.951 bits per heavy atom. The summed E-state index contributed by atoms with van der Waals surface area (Å²) in [5.74, 6) is 1.78. The molecule has 0 radical (unpaired) electrons. The Hall–Kier alpha value is -5.68. The van der Waals surface area contributed by atoms with Crippen molar-refractivity contribution in [1.29, 1.82) is 5.26 Å². The van der Waals surface area contributed by atoms with Crippen molar-refractivity contribution in [1.82, 2.24) is 9.66 Å². The Morgan fingerprint density at radius 3 is 2.61 bits per heavy atom. The molecule has 0 N–H and O–H groups in total. The molecule has 4 aromatic carbocycles. The molecule has 200 valence electrons. The van der Waals surface area contributed by atoms with Crippen molar-refractivity contribution in [3.63, 3.8) is 0 Å². The van der Waals surface area contributed by atoms with Crippen molar-refractivity contribution in [2.24, 2.45) is 5.10 Å². The summed E-state index contributed by atoms with van der Waals surface area (Å²) in [6.45, 7) is 2.53. The third-order valence-corrected chi connectivity index (χ3v) is 6.51. The Balaban J connectivity index is 1.37. The number of hydrogen-bond acceptors (Lipinski definition) is 7. The lowest BCUT2D eigenvalue weighted by Gasteiger charge is -2.13.